The van der Waals surface area contributed by atoms with E-state index in [-0.39, 0.29) is 5.91 Å². The summed E-state index contributed by atoms with van der Waals surface area (Å²) in [6.45, 7) is 4.11. The quantitative estimate of drug-likeness (QED) is 0.343. The van der Waals surface area contributed by atoms with Crippen molar-refractivity contribution in [2.24, 2.45) is 4.99 Å². The molecule has 0 radical (unpaired) electrons. The number of rotatable bonds is 3. The van der Waals surface area contributed by atoms with Gasteiger partial charge in [0.05, 0.1) is 15.6 Å². The van der Waals surface area contributed by atoms with Crippen molar-refractivity contribution < 1.29 is 4.79 Å². The van der Waals surface area contributed by atoms with Crippen molar-refractivity contribution in [2.75, 3.05) is 0 Å². The molecule has 1 fully saturated rings. The van der Waals surface area contributed by atoms with Crippen LogP contribution >= 0.6 is 55.2 Å². The second-order valence-corrected chi connectivity index (χ2v) is 9.93. The number of carbonyl (C=O) groups excluding carboxylic acids is 1. The zero-order chi connectivity index (χ0) is 21.4. The number of aliphatic imine (C=N–C) groups is 1. The minimum Gasteiger partial charge on any atom is -0.318 e. The number of aryl methyl sites for hydroxylation is 1. The molecule has 0 spiro atoms. The highest BCUT2D eigenvalue weighted by Gasteiger charge is 2.24. The summed E-state index contributed by atoms with van der Waals surface area (Å²) in [5.41, 5.74) is 4.93. The smallest absolute Gasteiger partial charge is 0.264 e. The lowest BCUT2D eigenvalue weighted by atomic mass is 10.2. The van der Waals surface area contributed by atoms with Crippen LogP contribution < -0.4 is 5.32 Å². The molecule has 0 atom stereocenters. The van der Waals surface area contributed by atoms with E-state index in [1.165, 1.54) is 11.8 Å². The van der Waals surface area contributed by atoms with Gasteiger partial charge < -0.3 is 9.88 Å². The summed E-state index contributed by atoms with van der Waals surface area (Å²) < 4.78 is 4.02. The van der Waals surface area contributed by atoms with Gasteiger partial charge in [0.2, 0.25) is 0 Å². The molecule has 1 saturated heterocycles. The Balaban J connectivity index is 1.63. The van der Waals surface area contributed by atoms with E-state index in [2.05, 4.69) is 78.8 Å². The predicted molar refractivity (Wildman–Crippen MR) is 133 cm³/mol. The number of thioether (sulfide) groups is 1. The van der Waals surface area contributed by atoms with Gasteiger partial charge >= 0.3 is 0 Å². The lowest BCUT2D eigenvalue weighted by molar-refractivity contribution is -0.115. The molecule has 2 heterocycles. The predicted octanol–water partition coefficient (Wildman–Crippen LogP) is 7.16. The highest BCUT2D eigenvalue weighted by molar-refractivity contribution is 9.10. The van der Waals surface area contributed by atoms with Gasteiger partial charge in [0.15, 0.2) is 5.17 Å². The van der Waals surface area contributed by atoms with Crippen molar-refractivity contribution in [3.63, 3.8) is 0 Å². The molecular formula is C22H16Br2ClN3OS. The number of nitrogens with zero attached hydrogens (tertiary/aromatic N) is 2. The molecule has 1 aliphatic heterocycles. The molecule has 1 aromatic heterocycles. The lowest BCUT2D eigenvalue weighted by Crippen LogP contribution is -2.19. The fraction of sp³-hybridized carbons (Fsp3) is 0.0909. The van der Waals surface area contributed by atoms with Gasteiger partial charge in [0.25, 0.3) is 5.91 Å². The van der Waals surface area contributed by atoms with Gasteiger partial charge in [-0.3, -0.25) is 4.79 Å². The summed E-state index contributed by atoms with van der Waals surface area (Å²) in [6, 6.07) is 15.7. The Morgan fingerprint density at radius 1 is 1.10 bits per heavy atom. The topological polar surface area (TPSA) is 46.4 Å². The van der Waals surface area contributed by atoms with E-state index in [4.69, 9.17) is 11.6 Å². The van der Waals surface area contributed by atoms with Crippen LogP contribution in [0.25, 0.3) is 11.8 Å². The SMILES string of the molecule is Cc1cc(/C=C2\SC(=Nc3ccc(Br)c(Cl)c3)NC2=O)c(C)n1-c1ccc(Br)cc1. The lowest BCUT2D eigenvalue weighted by Gasteiger charge is -2.09. The van der Waals surface area contributed by atoms with Crippen LogP contribution in [0, 0.1) is 13.8 Å². The van der Waals surface area contributed by atoms with Gasteiger partial charge in [-0.25, -0.2) is 4.99 Å². The number of benzene rings is 2. The zero-order valence-electron chi connectivity index (χ0n) is 16.0. The van der Waals surface area contributed by atoms with Crippen molar-refractivity contribution in [3.8, 4) is 5.69 Å². The standard InChI is InChI=1S/C22H16Br2ClN3OS/c1-12-9-14(13(2)28(12)17-6-3-15(23)4-7-17)10-20-21(29)27-22(30-20)26-16-5-8-18(24)19(25)11-16/h3-11H,1-2H3,(H,26,27,29)/b20-10-. The van der Waals surface area contributed by atoms with Crippen LogP contribution in [-0.4, -0.2) is 15.6 Å². The van der Waals surface area contributed by atoms with Gasteiger partial charge in [-0.05, 0) is 102 Å². The molecule has 1 amide bonds. The third kappa shape index (κ3) is 4.44. The van der Waals surface area contributed by atoms with E-state index in [1.54, 1.807) is 6.07 Å². The van der Waals surface area contributed by atoms with E-state index in [0.717, 1.165) is 31.6 Å². The minimum absolute atomic E-state index is 0.157. The summed E-state index contributed by atoms with van der Waals surface area (Å²) in [6.07, 6.45) is 1.91. The second kappa shape index (κ2) is 8.75. The first-order valence-corrected chi connectivity index (χ1v) is 11.8. The summed E-state index contributed by atoms with van der Waals surface area (Å²) in [4.78, 5) is 17.6. The third-order valence-electron chi connectivity index (χ3n) is 4.63. The molecule has 3 aromatic rings. The first kappa shape index (κ1) is 21.4. The molecule has 0 saturated carbocycles. The van der Waals surface area contributed by atoms with Gasteiger partial charge in [0.1, 0.15) is 0 Å². The molecule has 0 bridgehead atoms. The van der Waals surface area contributed by atoms with Crippen molar-refractivity contribution in [1.29, 1.82) is 0 Å². The first-order valence-electron chi connectivity index (χ1n) is 9.01. The minimum atomic E-state index is -0.157. The average Bonchev–Trinajstić information content (AvgIpc) is 3.18. The van der Waals surface area contributed by atoms with Crippen molar-refractivity contribution in [3.05, 3.63) is 84.4 Å². The van der Waals surface area contributed by atoms with E-state index < -0.39 is 0 Å². The Kier molecular flexibility index (Phi) is 6.25. The number of aromatic nitrogens is 1. The first-order chi connectivity index (χ1) is 14.3. The molecule has 1 aliphatic rings. The van der Waals surface area contributed by atoms with Crippen molar-refractivity contribution >= 4 is 78.1 Å². The molecule has 8 heteroatoms. The summed E-state index contributed by atoms with van der Waals surface area (Å²) in [5.74, 6) is -0.157. The van der Waals surface area contributed by atoms with Gasteiger partial charge in [-0.2, -0.15) is 0 Å². The summed E-state index contributed by atoms with van der Waals surface area (Å²) in [5, 5.41) is 3.93. The zero-order valence-corrected chi connectivity index (χ0v) is 20.8. The number of amidine groups is 1. The second-order valence-electron chi connectivity index (χ2n) is 6.72. The fourth-order valence-electron chi connectivity index (χ4n) is 3.21. The van der Waals surface area contributed by atoms with E-state index in [9.17, 15) is 4.79 Å². The fourth-order valence-corrected chi connectivity index (χ4v) is 4.73. The Morgan fingerprint density at radius 2 is 1.83 bits per heavy atom. The number of hydrogen-bond acceptors (Lipinski definition) is 3. The Hall–Kier alpha value is -1.80. The molecule has 152 valence electrons. The number of carbonyl (C=O) groups is 1. The van der Waals surface area contributed by atoms with E-state index in [1.807, 2.05) is 30.3 Å². The van der Waals surface area contributed by atoms with Crippen molar-refractivity contribution in [1.82, 2.24) is 9.88 Å². The molecule has 4 nitrogen and oxygen atoms in total. The molecule has 4 rings (SSSR count). The molecule has 1 N–H and O–H groups in total. The van der Waals surface area contributed by atoms with Crippen LogP contribution in [-0.2, 0) is 4.79 Å². The number of nitrogens with one attached hydrogen (secondary N) is 1. The van der Waals surface area contributed by atoms with Gasteiger partial charge in [0, 0.05) is 26.0 Å². The highest BCUT2D eigenvalue weighted by Crippen LogP contribution is 2.32. The Morgan fingerprint density at radius 3 is 2.53 bits per heavy atom. The Labute approximate surface area is 200 Å². The van der Waals surface area contributed by atoms with Crippen LogP contribution in [0.3, 0.4) is 0 Å². The molecular weight excluding hydrogens is 550 g/mol. The number of amides is 1. The molecule has 2 aromatic carbocycles. The van der Waals surface area contributed by atoms with Crippen molar-refractivity contribution in [2.45, 2.75) is 13.8 Å². The Bertz CT molecular complexity index is 1220. The highest BCUT2D eigenvalue weighted by atomic mass is 79.9. The third-order valence-corrected chi connectivity index (χ3v) is 7.30. The largest absolute Gasteiger partial charge is 0.318 e. The van der Waals surface area contributed by atoms with Gasteiger partial charge in [-0.1, -0.05) is 27.5 Å². The average molecular weight is 566 g/mol. The van der Waals surface area contributed by atoms with Crippen LogP contribution in [0.4, 0.5) is 5.69 Å². The molecule has 0 unspecified atom stereocenters. The van der Waals surface area contributed by atoms with Crippen LogP contribution in [0.1, 0.15) is 17.0 Å². The number of halogens is 3. The van der Waals surface area contributed by atoms with Gasteiger partial charge in [-0.15, -0.1) is 0 Å². The van der Waals surface area contributed by atoms with Crippen LogP contribution in [0.15, 0.2) is 67.4 Å². The van der Waals surface area contributed by atoms with E-state index in [0.29, 0.717) is 20.8 Å². The summed E-state index contributed by atoms with van der Waals surface area (Å²) in [7, 11) is 0. The van der Waals surface area contributed by atoms with Crippen LogP contribution in [0.5, 0.6) is 0 Å². The van der Waals surface area contributed by atoms with E-state index >= 15 is 0 Å². The maximum atomic E-state index is 12.5. The summed E-state index contributed by atoms with van der Waals surface area (Å²) >= 11 is 14.3. The monoisotopic (exact) mass is 563 g/mol. The molecule has 30 heavy (non-hydrogen) atoms. The maximum absolute atomic E-state index is 12.5. The molecule has 0 aliphatic carbocycles. The number of hydrogen-bond donors (Lipinski definition) is 1. The maximum Gasteiger partial charge on any atom is 0.264 e. The normalized spacial score (nSPS) is 16.5. The van der Waals surface area contributed by atoms with Crippen LogP contribution in [0.2, 0.25) is 5.02 Å².